The topological polar surface area (TPSA) is 52.1 Å². The van der Waals surface area contributed by atoms with E-state index in [9.17, 15) is 4.79 Å². The molecule has 0 amide bonds. The van der Waals surface area contributed by atoms with Crippen LogP contribution in [0.2, 0.25) is 0 Å². The molecule has 2 heterocycles. The molecule has 138 valence electrons. The van der Waals surface area contributed by atoms with E-state index in [1.54, 1.807) is 13.1 Å². The Morgan fingerprint density at radius 3 is 2.39 bits per heavy atom. The molecule has 0 saturated carbocycles. The number of ketones is 1. The third-order valence-electron chi connectivity index (χ3n) is 4.39. The van der Waals surface area contributed by atoms with Gasteiger partial charge in [0, 0.05) is 27.0 Å². The van der Waals surface area contributed by atoms with E-state index in [0.717, 1.165) is 31.5 Å². The SMILES string of the molecule is CC(=O)c1ccc(-c2cc(Oc3ccc(I)cc3)c3cc(C)cnc3n2)cc1. The number of hydrogen-bond acceptors (Lipinski definition) is 4. The van der Waals surface area contributed by atoms with Crippen molar-refractivity contribution in [3.63, 3.8) is 0 Å². The maximum Gasteiger partial charge on any atom is 0.163 e. The Morgan fingerprint density at radius 2 is 1.71 bits per heavy atom. The van der Waals surface area contributed by atoms with Gasteiger partial charge in [-0.1, -0.05) is 24.3 Å². The predicted octanol–water partition coefficient (Wildman–Crippen LogP) is 6.20. The zero-order valence-electron chi connectivity index (χ0n) is 15.4. The molecule has 4 nitrogen and oxygen atoms in total. The molecule has 2 aromatic carbocycles. The lowest BCUT2D eigenvalue weighted by Gasteiger charge is -2.12. The second-order valence-corrected chi connectivity index (χ2v) is 7.82. The van der Waals surface area contributed by atoms with Crippen molar-refractivity contribution in [2.24, 2.45) is 0 Å². The zero-order chi connectivity index (χ0) is 19.7. The smallest absolute Gasteiger partial charge is 0.163 e. The highest BCUT2D eigenvalue weighted by atomic mass is 127. The molecule has 0 spiro atoms. The van der Waals surface area contributed by atoms with Crippen LogP contribution in [0, 0.1) is 10.5 Å². The Balaban J connectivity index is 1.83. The lowest BCUT2D eigenvalue weighted by Crippen LogP contribution is -1.95. The van der Waals surface area contributed by atoms with E-state index < -0.39 is 0 Å². The summed E-state index contributed by atoms with van der Waals surface area (Å²) in [5.74, 6) is 1.50. The molecule has 0 saturated heterocycles. The van der Waals surface area contributed by atoms with Gasteiger partial charge in [-0.15, -0.1) is 0 Å². The number of hydrogen-bond donors (Lipinski definition) is 0. The van der Waals surface area contributed by atoms with Crippen molar-refractivity contribution in [3.05, 3.63) is 81.6 Å². The highest BCUT2D eigenvalue weighted by Crippen LogP contribution is 2.33. The maximum atomic E-state index is 11.5. The van der Waals surface area contributed by atoms with Gasteiger partial charge in [-0.2, -0.15) is 0 Å². The fraction of sp³-hybridized carbons (Fsp3) is 0.0870. The number of rotatable bonds is 4. The minimum Gasteiger partial charge on any atom is -0.457 e. The van der Waals surface area contributed by atoms with Gasteiger partial charge in [0.15, 0.2) is 11.4 Å². The summed E-state index contributed by atoms with van der Waals surface area (Å²) in [6.07, 6.45) is 1.80. The first-order valence-corrected chi connectivity index (χ1v) is 9.90. The molecule has 0 aliphatic carbocycles. The number of aryl methyl sites for hydroxylation is 1. The summed E-state index contributed by atoms with van der Waals surface area (Å²) in [6, 6.07) is 19.3. The van der Waals surface area contributed by atoms with Crippen LogP contribution in [-0.4, -0.2) is 15.8 Å². The van der Waals surface area contributed by atoms with Crippen LogP contribution in [0.1, 0.15) is 22.8 Å². The Hall–Kier alpha value is -2.80. The zero-order valence-corrected chi connectivity index (χ0v) is 17.6. The Labute approximate surface area is 176 Å². The van der Waals surface area contributed by atoms with E-state index in [0.29, 0.717) is 17.0 Å². The number of pyridine rings is 2. The molecule has 28 heavy (non-hydrogen) atoms. The van der Waals surface area contributed by atoms with Crippen LogP contribution in [-0.2, 0) is 0 Å². The van der Waals surface area contributed by atoms with Gasteiger partial charge in [0.25, 0.3) is 0 Å². The predicted molar refractivity (Wildman–Crippen MR) is 119 cm³/mol. The van der Waals surface area contributed by atoms with Crippen molar-refractivity contribution in [1.29, 1.82) is 0 Å². The van der Waals surface area contributed by atoms with E-state index in [1.807, 2.05) is 67.6 Å². The van der Waals surface area contributed by atoms with Crippen molar-refractivity contribution in [2.75, 3.05) is 0 Å². The van der Waals surface area contributed by atoms with Gasteiger partial charge in [0.1, 0.15) is 11.5 Å². The summed E-state index contributed by atoms with van der Waals surface area (Å²) in [5.41, 5.74) is 3.99. The molecule has 0 unspecified atom stereocenters. The summed E-state index contributed by atoms with van der Waals surface area (Å²) in [6.45, 7) is 3.55. The molecular weight excluding hydrogens is 463 g/mol. The first-order chi connectivity index (χ1) is 13.5. The molecule has 5 heteroatoms. The van der Waals surface area contributed by atoms with Gasteiger partial charge in [0.2, 0.25) is 0 Å². The molecule has 0 bridgehead atoms. The van der Waals surface area contributed by atoms with Crippen molar-refractivity contribution < 1.29 is 9.53 Å². The average molecular weight is 480 g/mol. The van der Waals surface area contributed by atoms with E-state index in [1.165, 1.54) is 0 Å². The third-order valence-corrected chi connectivity index (χ3v) is 5.11. The second-order valence-electron chi connectivity index (χ2n) is 6.58. The van der Waals surface area contributed by atoms with Crippen LogP contribution in [0.5, 0.6) is 11.5 Å². The van der Waals surface area contributed by atoms with Crippen LogP contribution in [0.3, 0.4) is 0 Å². The number of benzene rings is 2. The highest BCUT2D eigenvalue weighted by molar-refractivity contribution is 14.1. The fourth-order valence-electron chi connectivity index (χ4n) is 2.92. The van der Waals surface area contributed by atoms with Crippen molar-refractivity contribution >= 4 is 39.4 Å². The van der Waals surface area contributed by atoms with E-state index in [2.05, 4.69) is 27.6 Å². The standard InChI is InChI=1S/C23H17IN2O2/c1-14-11-20-22(28-19-9-7-18(24)8-10-19)12-21(26-23(20)25-13-14)17-5-3-16(4-6-17)15(2)27/h3-13H,1-2H3. The third kappa shape index (κ3) is 3.89. The monoisotopic (exact) mass is 480 g/mol. The molecular formula is C23H17IN2O2. The molecule has 0 N–H and O–H groups in total. The van der Waals surface area contributed by atoms with E-state index in [-0.39, 0.29) is 5.78 Å². The van der Waals surface area contributed by atoms with Gasteiger partial charge in [-0.25, -0.2) is 9.97 Å². The second kappa shape index (κ2) is 7.67. The number of carbonyl (C=O) groups excluding carboxylic acids is 1. The molecule has 2 aromatic heterocycles. The van der Waals surface area contributed by atoms with Crippen LogP contribution >= 0.6 is 22.6 Å². The van der Waals surface area contributed by atoms with Gasteiger partial charge in [0.05, 0.1) is 11.1 Å². The first-order valence-electron chi connectivity index (χ1n) is 8.82. The number of nitrogens with zero attached hydrogens (tertiary/aromatic N) is 2. The molecule has 0 aliphatic heterocycles. The molecule has 0 fully saturated rings. The average Bonchev–Trinajstić information content (AvgIpc) is 2.70. The first kappa shape index (κ1) is 18.6. The summed E-state index contributed by atoms with van der Waals surface area (Å²) in [4.78, 5) is 20.7. The number of carbonyl (C=O) groups is 1. The molecule has 0 aliphatic rings. The minimum atomic E-state index is 0.0397. The van der Waals surface area contributed by atoms with Crippen LogP contribution < -0.4 is 4.74 Å². The minimum absolute atomic E-state index is 0.0397. The summed E-state index contributed by atoms with van der Waals surface area (Å²) < 4.78 is 7.33. The molecule has 0 atom stereocenters. The van der Waals surface area contributed by atoms with Crippen LogP contribution in [0.15, 0.2) is 66.9 Å². The lowest BCUT2D eigenvalue weighted by molar-refractivity contribution is 0.101. The largest absolute Gasteiger partial charge is 0.457 e. The van der Waals surface area contributed by atoms with Crippen molar-refractivity contribution in [2.45, 2.75) is 13.8 Å². The van der Waals surface area contributed by atoms with Crippen molar-refractivity contribution in [1.82, 2.24) is 9.97 Å². The summed E-state index contributed by atoms with van der Waals surface area (Å²) >= 11 is 2.27. The van der Waals surface area contributed by atoms with Gasteiger partial charge >= 0.3 is 0 Å². The summed E-state index contributed by atoms with van der Waals surface area (Å²) in [5, 5.41) is 0.864. The quantitative estimate of drug-likeness (QED) is 0.258. The number of ether oxygens (including phenoxy) is 1. The summed E-state index contributed by atoms with van der Waals surface area (Å²) in [7, 11) is 0. The van der Waals surface area contributed by atoms with Crippen molar-refractivity contribution in [3.8, 4) is 22.8 Å². The fourth-order valence-corrected chi connectivity index (χ4v) is 3.28. The molecule has 4 rings (SSSR count). The van der Waals surface area contributed by atoms with Gasteiger partial charge < -0.3 is 4.74 Å². The maximum absolute atomic E-state index is 11.5. The normalized spacial score (nSPS) is 10.8. The van der Waals surface area contributed by atoms with Gasteiger partial charge in [-0.05, 0) is 72.3 Å². The highest BCUT2D eigenvalue weighted by Gasteiger charge is 2.12. The van der Waals surface area contributed by atoms with Crippen LogP contribution in [0.25, 0.3) is 22.3 Å². The van der Waals surface area contributed by atoms with E-state index >= 15 is 0 Å². The number of aromatic nitrogens is 2. The molecule has 0 radical (unpaired) electrons. The Morgan fingerprint density at radius 1 is 1.00 bits per heavy atom. The lowest BCUT2D eigenvalue weighted by atomic mass is 10.1. The number of fused-ring (bicyclic) bond motifs is 1. The number of halogens is 1. The van der Waals surface area contributed by atoms with E-state index in [4.69, 9.17) is 9.72 Å². The Bertz CT molecular complexity index is 1170. The van der Waals surface area contributed by atoms with Gasteiger partial charge in [-0.3, -0.25) is 4.79 Å². The Kier molecular flexibility index (Phi) is 5.09. The molecule has 4 aromatic rings. The van der Waals surface area contributed by atoms with Crippen LogP contribution in [0.4, 0.5) is 0 Å². The number of Topliss-reactive ketones (excluding diaryl/α,β-unsaturated/α-hetero) is 1.